The summed E-state index contributed by atoms with van der Waals surface area (Å²) in [5.41, 5.74) is -1.53. The van der Waals surface area contributed by atoms with Crippen LogP contribution in [0.2, 0.25) is 5.02 Å². The van der Waals surface area contributed by atoms with E-state index in [0.717, 1.165) is 0 Å². The summed E-state index contributed by atoms with van der Waals surface area (Å²) in [6.07, 6.45) is -9.25. The fourth-order valence-corrected chi connectivity index (χ4v) is 2.36. The summed E-state index contributed by atoms with van der Waals surface area (Å²) in [5.74, 6) is -2.24. The van der Waals surface area contributed by atoms with Crippen molar-refractivity contribution in [1.82, 2.24) is 0 Å². The summed E-state index contributed by atoms with van der Waals surface area (Å²) in [5, 5.41) is 38.7. The summed E-state index contributed by atoms with van der Waals surface area (Å²) >= 11 is 5.77. The maximum Gasteiger partial charge on any atom is 0.352 e. The van der Waals surface area contributed by atoms with E-state index >= 15 is 0 Å². The van der Waals surface area contributed by atoms with Crippen LogP contribution in [0.5, 0.6) is 5.75 Å². The minimum absolute atomic E-state index is 0.320. The van der Waals surface area contributed by atoms with Crippen molar-refractivity contribution in [2.45, 2.75) is 50.2 Å². The van der Waals surface area contributed by atoms with Gasteiger partial charge >= 0.3 is 11.9 Å². The molecule has 1 aliphatic heterocycles. The number of carboxylic acid groups (broad SMARTS) is 1. The van der Waals surface area contributed by atoms with Crippen molar-refractivity contribution in [3.05, 3.63) is 29.3 Å². The number of hydrogen-bond donors (Lipinski definition) is 4. The number of aliphatic hydroxyl groups is 3. The Labute approximate surface area is 153 Å². The van der Waals surface area contributed by atoms with Gasteiger partial charge in [-0.05, 0) is 38.1 Å². The van der Waals surface area contributed by atoms with Gasteiger partial charge in [-0.3, -0.25) is 0 Å². The average molecular weight is 391 g/mol. The molecule has 0 aliphatic carbocycles. The van der Waals surface area contributed by atoms with Crippen molar-refractivity contribution in [3.8, 4) is 5.75 Å². The number of carbonyl (C=O) groups is 2. The summed E-state index contributed by atoms with van der Waals surface area (Å²) in [7, 11) is 0. The Bertz CT molecular complexity index is 660. The van der Waals surface area contributed by atoms with E-state index in [9.17, 15) is 24.9 Å². The molecule has 144 valence electrons. The van der Waals surface area contributed by atoms with Crippen LogP contribution in [-0.2, 0) is 19.1 Å². The van der Waals surface area contributed by atoms with Gasteiger partial charge in [0.15, 0.2) is 11.7 Å². The number of carbonyl (C=O) groups excluding carboxylic acids is 1. The molecule has 4 N–H and O–H groups in total. The summed E-state index contributed by atoms with van der Waals surface area (Å²) < 4.78 is 15.4. The van der Waals surface area contributed by atoms with E-state index < -0.39 is 48.2 Å². The lowest BCUT2D eigenvalue weighted by atomic mass is 9.99. The van der Waals surface area contributed by atoms with Gasteiger partial charge in [0.2, 0.25) is 6.29 Å². The molecule has 1 saturated heterocycles. The Hall–Kier alpha value is -1.91. The third-order valence-corrected chi connectivity index (χ3v) is 3.97. The standard InChI is InChI=1S/C16H19ClO9/c1-16(2,26-8-5-3-7(17)4-6-8)15(23)25-14-11(20)9(18)10(19)12(24-14)13(21)22/h3-6,9-12,14,18-20H,1-2H3,(H,21,22)/t9-,10+,11-,12?,14-/m1/s1. The highest BCUT2D eigenvalue weighted by Gasteiger charge is 2.49. The normalized spacial score (nSPS) is 29.1. The van der Waals surface area contributed by atoms with Crippen molar-refractivity contribution in [3.63, 3.8) is 0 Å². The van der Waals surface area contributed by atoms with Crippen molar-refractivity contribution < 1.29 is 44.2 Å². The third kappa shape index (κ3) is 4.43. The molecule has 0 spiro atoms. The van der Waals surface area contributed by atoms with E-state index in [1.807, 2.05) is 0 Å². The number of carboxylic acids is 1. The van der Waals surface area contributed by atoms with Gasteiger partial charge < -0.3 is 34.6 Å². The smallest absolute Gasteiger partial charge is 0.352 e. The van der Waals surface area contributed by atoms with E-state index in [-0.39, 0.29) is 0 Å². The fraction of sp³-hybridized carbons (Fsp3) is 0.500. The quantitative estimate of drug-likeness (QED) is 0.508. The minimum atomic E-state index is -1.88. The zero-order valence-corrected chi connectivity index (χ0v) is 14.7. The lowest BCUT2D eigenvalue weighted by Gasteiger charge is -2.39. The number of halogens is 1. The molecule has 0 amide bonds. The Morgan fingerprint density at radius 3 is 2.19 bits per heavy atom. The molecule has 1 heterocycles. The van der Waals surface area contributed by atoms with E-state index in [4.69, 9.17) is 30.9 Å². The largest absolute Gasteiger partial charge is 0.479 e. The molecule has 1 aromatic carbocycles. The first-order valence-electron chi connectivity index (χ1n) is 7.61. The minimum Gasteiger partial charge on any atom is -0.479 e. The lowest BCUT2D eigenvalue weighted by molar-refractivity contribution is -0.289. The number of benzene rings is 1. The maximum absolute atomic E-state index is 12.4. The molecule has 10 heteroatoms. The van der Waals surface area contributed by atoms with Crippen LogP contribution in [0.3, 0.4) is 0 Å². The fourth-order valence-electron chi connectivity index (χ4n) is 2.24. The number of aliphatic carboxylic acids is 1. The summed E-state index contributed by atoms with van der Waals surface area (Å²) in [6.45, 7) is 2.78. The molecule has 5 atom stereocenters. The maximum atomic E-state index is 12.4. The molecule has 0 aromatic heterocycles. The second-order valence-corrected chi connectivity index (χ2v) is 6.64. The van der Waals surface area contributed by atoms with Crippen LogP contribution >= 0.6 is 11.6 Å². The number of hydrogen-bond acceptors (Lipinski definition) is 8. The molecule has 1 unspecified atom stereocenters. The molecule has 26 heavy (non-hydrogen) atoms. The van der Waals surface area contributed by atoms with Crippen LogP contribution in [0.15, 0.2) is 24.3 Å². The number of esters is 1. The molecular weight excluding hydrogens is 372 g/mol. The van der Waals surface area contributed by atoms with Crippen molar-refractivity contribution in [2.24, 2.45) is 0 Å². The van der Waals surface area contributed by atoms with Crippen LogP contribution in [-0.4, -0.2) is 68.7 Å². The first kappa shape index (κ1) is 20.4. The zero-order chi connectivity index (χ0) is 19.6. The van der Waals surface area contributed by atoms with Gasteiger partial charge in [-0.1, -0.05) is 11.6 Å². The van der Waals surface area contributed by atoms with Gasteiger partial charge in [0, 0.05) is 5.02 Å². The van der Waals surface area contributed by atoms with E-state index in [0.29, 0.717) is 10.8 Å². The average Bonchev–Trinajstić information content (AvgIpc) is 2.56. The van der Waals surface area contributed by atoms with Crippen molar-refractivity contribution in [2.75, 3.05) is 0 Å². The van der Waals surface area contributed by atoms with E-state index in [1.54, 1.807) is 12.1 Å². The molecule has 9 nitrogen and oxygen atoms in total. The van der Waals surface area contributed by atoms with Crippen LogP contribution in [0.4, 0.5) is 0 Å². The Kier molecular flexibility index (Phi) is 6.09. The van der Waals surface area contributed by atoms with E-state index in [1.165, 1.54) is 26.0 Å². The van der Waals surface area contributed by atoms with Gasteiger partial charge in [-0.25, -0.2) is 9.59 Å². The SMILES string of the molecule is CC(C)(Oc1ccc(Cl)cc1)C(=O)O[C@H]1OC(C(=O)O)[C@@H](O)[C@@H](O)[C@H]1O. The highest BCUT2D eigenvalue weighted by Crippen LogP contribution is 2.26. The van der Waals surface area contributed by atoms with Crippen LogP contribution in [0, 0.1) is 0 Å². The van der Waals surface area contributed by atoms with Crippen molar-refractivity contribution >= 4 is 23.5 Å². The Morgan fingerprint density at radius 2 is 1.65 bits per heavy atom. The number of rotatable bonds is 5. The van der Waals surface area contributed by atoms with Gasteiger partial charge in [0.25, 0.3) is 0 Å². The van der Waals surface area contributed by atoms with Gasteiger partial charge in [0.05, 0.1) is 0 Å². The van der Waals surface area contributed by atoms with Gasteiger partial charge in [-0.15, -0.1) is 0 Å². The zero-order valence-electron chi connectivity index (χ0n) is 13.9. The predicted molar refractivity (Wildman–Crippen MR) is 86.6 cm³/mol. The molecular formula is C16H19ClO9. The van der Waals surface area contributed by atoms with Crippen molar-refractivity contribution in [1.29, 1.82) is 0 Å². The first-order valence-corrected chi connectivity index (χ1v) is 7.99. The van der Waals surface area contributed by atoms with Crippen LogP contribution < -0.4 is 4.74 Å². The predicted octanol–water partition coefficient (Wildman–Crippen LogP) is -0.0672. The van der Waals surface area contributed by atoms with E-state index in [2.05, 4.69) is 0 Å². The number of ether oxygens (including phenoxy) is 3. The molecule has 1 aromatic rings. The topological polar surface area (TPSA) is 143 Å². The lowest BCUT2D eigenvalue weighted by Crippen LogP contribution is -2.61. The molecule has 2 rings (SSSR count). The highest BCUT2D eigenvalue weighted by molar-refractivity contribution is 6.30. The molecule has 1 aliphatic rings. The first-order chi connectivity index (χ1) is 12.0. The molecule has 1 fully saturated rings. The molecule has 0 radical (unpaired) electrons. The second-order valence-electron chi connectivity index (χ2n) is 6.21. The summed E-state index contributed by atoms with van der Waals surface area (Å²) in [4.78, 5) is 23.4. The number of aliphatic hydroxyl groups excluding tert-OH is 3. The van der Waals surface area contributed by atoms with Crippen LogP contribution in [0.25, 0.3) is 0 Å². The van der Waals surface area contributed by atoms with Gasteiger partial charge in [0.1, 0.15) is 24.1 Å². The Morgan fingerprint density at radius 1 is 1.08 bits per heavy atom. The Balaban J connectivity index is 2.08. The summed E-state index contributed by atoms with van der Waals surface area (Å²) in [6, 6.07) is 6.18. The monoisotopic (exact) mass is 390 g/mol. The van der Waals surface area contributed by atoms with Crippen LogP contribution in [0.1, 0.15) is 13.8 Å². The highest BCUT2D eigenvalue weighted by atomic mass is 35.5. The molecule has 0 bridgehead atoms. The molecule has 0 saturated carbocycles. The van der Waals surface area contributed by atoms with Gasteiger partial charge in [-0.2, -0.15) is 0 Å². The third-order valence-electron chi connectivity index (χ3n) is 3.71. The second kappa shape index (κ2) is 7.77.